The minimum atomic E-state index is 0.788. The molecule has 2 nitrogen and oxygen atoms in total. The van der Waals surface area contributed by atoms with Crippen molar-refractivity contribution in [3.8, 4) is 5.75 Å². The van der Waals surface area contributed by atoms with E-state index in [0.29, 0.717) is 0 Å². The van der Waals surface area contributed by atoms with Crippen molar-refractivity contribution >= 4 is 16.5 Å². The molecule has 0 unspecified atom stereocenters. The van der Waals surface area contributed by atoms with Crippen molar-refractivity contribution in [1.29, 1.82) is 0 Å². The molecule has 15 heavy (non-hydrogen) atoms. The standard InChI is InChI=1S/C11H11NO.C2H6/c1-13-11-7-6-10(12)8-4-2-3-5-9(8)11;1-2/h2-7H,12H2,1H3;1-2H3. The number of fused-ring (bicyclic) bond motifs is 1. The molecule has 0 bridgehead atoms. The first-order valence-corrected chi connectivity index (χ1v) is 5.14. The predicted octanol–water partition coefficient (Wildman–Crippen LogP) is 3.46. The molecule has 2 heteroatoms. The molecule has 2 rings (SSSR count). The molecule has 0 atom stereocenters. The van der Waals surface area contributed by atoms with E-state index in [9.17, 15) is 0 Å². The lowest BCUT2D eigenvalue weighted by Gasteiger charge is -2.06. The van der Waals surface area contributed by atoms with Gasteiger partial charge >= 0.3 is 0 Å². The van der Waals surface area contributed by atoms with Crippen LogP contribution in [0, 0.1) is 0 Å². The third kappa shape index (κ3) is 2.21. The van der Waals surface area contributed by atoms with Crippen molar-refractivity contribution in [2.45, 2.75) is 13.8 Å². The van der Waals surface area contributed by atoms with E-state index in [4.69, 9.17) is 10.5 Å². The fourth-order valence-corrected chi connectivity index (χ4v) is 1.47. The highest BCUT2D eigenvalue weighted by atomic mass is 16.5. The van der Waals surface area contributed by atoms with Crippen LogP contribution < -0.4 is 10.5 Å². The smallest absolute Gasteiger partial charge is 0.126 e. The van der Waals surface area contributed by atoms with Crippen LogP contribution in [0.3, 0.4) is 0 Å². The Morgan fingerprint density at radius 1 is 0.933 bits per heavy atom. The normalized spacial score (nSPS) is 9.27. The van der Waals surface area contributed by atoms with Crippen LogP contribution in [0.5, 0.6) is 5.75 Å². The average molecular weight is 203 g/mol. The zero-order valence-corrected chi connectivity index (χ0v) is 9.45. The molecule has 0 aromatic heterocycles. The molecule has 0 aliphatic rings. The number of rotatable bonds is 1. The predicted molar refractivity (Wildman–Crippen MR) is 66.3 cm³/mol. The van der Waals surface area contributed by atoms with Crippen LogP contribution >= 0.6 is 0 Å². The van der Waals surface area contributed by atoms with Crippen molar-refractivity contribution in [3.05, 3.63) is 36.4 Å². The zero-order chi connectivity index (χ0) is 11.3. The van der Waals surface area contributed by atoms with Gasteiger partial charge in [-0.1, -0.05) is 38.1 Å². The molecule has 0 spiro atoms. The van der Waals surface area contributed by atoms with Gasteiger partial charge in [0.15, 0.2) is 0 Å². The Hall–Kier alpha value is -1.70. The second-order valence-corrected chi connectivity index (χ2v) is 2.90. The molecule has 2 aromatic rings. The van der Waals surface area contributed by atoms with E-state index in [1.165, 1.54) is 0 Å². The molecule has 0 heterocycles. The topological polar surface area (TPSA) is 35.2 Å². The second kappa shape index (κ2) is 5.25. The van der Waals surface area contributed by atoms with E-state index in [2.05, 4.69) is 0 Å². The third-order valence-electron chi connectivity index (χ3n) is 2.14. The number of ether oxygens (including phenoxy) is 1. The Morgan fingerprint density at radius 2 is 1.53 bits per heavy atom. The van der Waals surface area contributed by atoms with Crippen molar-refractivity contribution in [3.63, 3.8) is 0 Å². The quantitative estimate of drug-likeness (QED) is 0.720. The zero-order valence-electron chi connectivity index (χ0n) is 9.45. The summed E-state index contributed by atoms with van der Waals surface area (Å²) in [5, 5.41) is 2.10. The molecule has 2 aromatic carbocycles. The minimum absolute atomic E-state index is 0.788. The lowest BCUT2D eigenvalue weighted by Crippen LogP contribution is -1.89. The van der Waals surface area contributed by atoms with Gasteiger partial charge in [-0.25, -0.2) is 0 Å². The highest BCUT2D eigenvalue weighted by Crippen LogP contribution is 2.29. The van der Waals surface area contributed by atoms with Crippen LogP contribution in [-0.4, -0.2) is 7.11 Å². The maximum atomic E-state index is 5.82. The Kier molecular flexibility index (Phi) is 3.98. The maximum Gasteiger partial charge on any atom is 0.126 e. The van der Waals surface area contributed by atoms with Crippen LogP contribution in [0.1, 0.15) is 13.8 Å². The summed E-state index contributed by atoms with van der Waals surface area (Å²) in [4.78, 5) is 0. The molecule has 0 radical (unpaired) electrons. The van der Waals surface area contributed by atoms with Gasteiger partial charge in [-0.05, 0) is 12.1 Å². The van der Waals surface area contributed by atoms with Gasteiger partial charge in [0.2, 0.25) is 0 Å². The van der Waals surface area contributed by atoms with Gasteiger partial charge < -0.3 is 10.5 Å². The van der Waals surface area contributed by atoms with E-state index in [-0.39, 0.29) is 0 Å². The molecule has 0 aliphatic heterocycles. The number of benzene rings is 2. The summed E-state index contributed by atoms with van der Waals surface area (Å²) in [6, 6.07) is 11.7. The van der Waals surface area contributed by atoms with Crippen molar-refractivity contribution < 1.29 is 4.74 Å². The van der Waals surface area contributed by atoms with E-state index in [0.717, 1.165) is 22.2 Å². The largest absolute Gasteiger partial charge is 0.496 e. The molecule has 0 saturated heterocycles. The van der Waals surface area contributed by atoms with E-state index in [1.54, 1.807) is 7.11 Å². The first-order chi connectivity index (χ1) is 7.33. The van der Waals surface area contributed by atoms with Gasteiger partial charge in [-0.2, -0.15) is 0 Å². The van der Waals surface area contributed by atoms with E-state index < -0.39 is 0 Å². The van der Waals surface area contributed by atoms with Gasteiger partial charge in [0, 0.05) is 16.5 Å². The van der Waals surface area contributed by atoms with E-state index in [1.807, 2.05) is 50.2 Å². The van der Waals surface area contributed by atoms with Crippen molar-refractivity contribution in [2.24, 2.45) is 0 Å². The van der Waals surface area contributed by atoms with Gasteiger partial charge in [0.05, 0.1) is 7.11 Å². The third-order valence-corrected chi connectivity index (χ3v) is 2.14. The molecule has 2 N–H and O–H groups in total. The number of anilines is 1. The number of nitrogen functional groups attached to an aromatic ring is 1. The van der Waals surface area contributed by atoms with Crippen LogP contribution in [0.4, 0.5) is 5.69 Å². The fraction of sp³-hybridized carbons (Fsp3) is 0.231. The van der Waals surface area contributed by atoms with Gasteiger partial charge in [0.25, 0.3) is 0 Å². The highest BCUT2D eigenvalue weighted by Gasteiger charge is 2.01. The van der Waals surface area contributed by atoms with Gasteiger partial charge in [-0.15, -0.1) is 0 Å². The first kappa shape index (κ1) is 11.4. The van der Waals surface area contributed by atoms with Crippen LogP contribution in [0.15, 0.2) is 36.4 Å². The van der Waals surface area contributed by atoms with Crippen LogP contribution in [0.2, 0.25) is 0 Å². The summed E-state index contributed by atoms with van der Waals surface area (Å²) in [5.74, 6) is 0.866. The Morgan fingerprint density at radius 3 is 2.13 bits per heavy atom. The maximum absolute atomic E-state index is 5.82. The van der Waals surface area contributed by atoms with Crippen LogP contribution in [-0.2, 0) is 0 Å². The molecule has 80 valence electrons. The van der Waals surface area contributed by atoms with Crippen LogP contribution in [0.25, 0.3) is 10.8 Å². The summed E-state index contributed by atoms with van der Waals surface area (Å²) < 4.78 is 5.23. The number of methoxy groups -OCH3 is 1. The lowest BCUT2D eigenvalue weighted by atomic mass is 10.1. The summed E-state index contributed by atoms with van der Waals surface area (Å²) in [5.41, 5.74) is 6.61. The Balaban J connectivity index is 0.000000531. The summed E-state index contributed by atoms with van der Waals surface area (Å²) in [6.45, 7) is 4.00. The SMILES string of the molecule is CC.COc1ccc(N)c2ccccc12. The molecular formula is C13H17NO. The van der Waals surface area contributed by atoms with Gasteiger partial charge in [-0.3, -0.25) is 0 Å². The fourth-order valence-electron chi connectivity index (χ4n) is 1.47. The summed E-state index contributed by atoms with van der Waals surface area (Å²) >= 11 is 0. The molecule has 0 aliphatic carbocycles. The monoisotopic (exact) mass is 203 g/mol. The van der Waals surface area contributed by atoms with Gasteiger partial charge in [0.1, 0.15) is 5.75 Å². The minimum Gasteiger partial charge on any atom is -0.496 e. The average Bonchev–Trinajstić information content (AvgIpc) is 2.33. The second-order valence-electron chi connectivity index (χ2n) is 2.90. The lowest BCUT2D eigenvalue weighted by molar-refractivity contribution is 0.420. The Bertz CT molecular complexity index is 437. The van der Waals surface area contributed by atoms with Crippen molar-refractivity contribution in [1.82, 2.24) is 0 Å². The number of hydrogen-bond acceptors (Lipinski definition) is 2. The molecular weight excluding hydrogens is 186 g/mol. The number of nitrogens with two attached hydrogens (primary N) is 1. The highest BCUT2D eigenvalue weighted by molar-refractivity contribution is 5.96. The molecule has 0 amide bonds. The number of hydrogen-bond donors (Lipinski definition) is 1. The first-order valence-electron chi connectivity index (χ1n) is 5.14. The molecule has 0 saturated carbocycles. The van der Waals surface area contributed by atoms with E-state index >= 15 is 0 Å². The Labute approximate surface area is 90.7 Å². The molecule has 0 fully saturated rings. The summed E-state index contributed by atoms with van der Waals surface area (Å²) in [7, 11) is 1.66. The van der Waals surface area contributed by atoms with Crippen molar-refractivity contribution in [2.75, 3.05) is 12.8 Å². The summed E-state index contributed by atoms with van der Waals surface area (Å²) in [6.07, 6.45) is 0.